The van der Waals surface area contributed by atoms with Crippen molar-refractivity contribution in [3.63, 3.8) is 0 Å². The minimum absolute atomic E-state index is 0.164. The molecule has 0 amide bonds. The van der Waals surface area contributed by atoms with E-state index in [1.807, 2.05) is 0 Å². The highest BCUT2D eigenvalue weighted by atomic mass is 32.2. The fourth-order valence-corrected chi connectivity index (χ4v) is 3.19. The van der Waals surface area contributed by atoms with Gasteiger partial charge in [-0.25, -0.2) is 4.79 Å². The first-order valence-corrected chi connectivity index (χ1v) is 9.02. The van der Waals surface area contributed by atoms with Gasteiger partial charge in [0.25, 0.3) is 0 Å². The maximum Gasteiger partial charge on any atom is 0.344 e. The molecule has 2 aromatic carbocycles. The van der Waals surface area contributed by atoms with Gasteiger partial charge < -0.3 is 14.0 Å². The van der Waals surface area contributed by atoms with Crippen LogP contribution in [0.4, 0.5) is 5.69 Å². The first kappa shape index (κ1) is 19.4. The zero-order valence-electron chi connectivity index (χ0n) is 14.9. The highest BCUT2D eigenvalue weighted by molar-refractivity contribution is 7.98. The van der Waals surface area contributed by atoms with Crippen LogP contribution in [0.25, 0.3) is 0 Å². The van der Waals surface area contributed by atoms with Crippen molar-refractivity contribution in [3.8, 4) is 11.5 Å². The van der Waals surface area contributed by atoms with Crippen molar-refractivity contribution in [2.24, 2.45) is 0 Å². The predicted octanol–water partition coefficient (Wildman–Crippen LogP) is 3.81. The van der Waals surface area contributed by atoms with Crippen LogP contribution in [0.2, 0.25) is 0 Å². The number of esters is 1. The van der Waals surface area contributed by atoms with Gasteiger partial charge >= 0.3 is 11.7 Å². The second kappa shape index (κ2) is 8.53. The molecule has 0 fully saturated rings. The predicted molar refractivity (Wildman–Crippen MR) is 99.6 cm³/mol. The van der Waals surface area contributed by atoms with Crippen LogP contribution in [0.3, 0.4) is 0 Å². The Morgan fingerprint density at radius 1 is 1.29 bits per heavy atom. The molecule has 0 atom stereocenters. The summed E-state index contributed by atoms with van der Waals surface area (Å²) in [5.41, 5.74) is -0.0898. The van der Waals surface area contributed by atoms with E-state index in [2.05, 4.69) is 10.1 Å². The van der Waals surface area contributed by atoms with Gasteiger partial charge in [-0.3, -0.25) is 10.1 Å². The van der Waals surface area contributed by atoms with Gasteiger partial charge in [0.15, 0.2) is 5.82 Å². The topological polar surface area (TPSA) is 118 Å². The Bertz CT molecular complexity index is 1020. The van der Waals surface area contributed by atoms with E-state index in [-0.39, 0.29) is 22.7 Å². The highest BCUT2D eigenvalue weighted by Gasteiger charge is 2.22. The van der Waals surface area contributed by atoms with Gasteiger partial charge in [-0.15, -0.1) is 11.8 Å². The standard InChI is InChI=1S/C18H15N3O6S/c1-11-19-17(27-20-11)10-28-16-6-4-3-5-13(16)18(22)26-15-8-7-12(25-2)9-14(15)21(23)24/h3-9H,10H2,1-2H3. The zero-order chi connectivity index (χ0) is 20.1. The molecular weight excluding hydrogens is 386 g/mol. The maximum atomic E-state index is 12.6. The van der Waals surface area contributed by atoms with Crippen molar-refractivity contribution in [1.29, 1.82) is 0 Å². The van der Waals surface area contributed by atoms with Crippen LogP contribution in [-0.4, -0.2) is 28.1 Å². The Hall–Kier alpha value is -3.40. The Morgan fingerprint density at radius 2 is 2.07 bits per heavy atom. The second-order valence-electron chi connectivity index (χ2n) is 5.50. The van der Waals surface area contributed by atoms with Gasteiger partial charge in [-0.1, -0.05) is 17.3 Å². The molecule has 28 heavy (non-hydrogen) atoms. The van der Waals surface area contributed by atoms with Crippen LogP contribution in [0, 0.1) is 17.0 Å². The van der Waals surface area contributed by atoms with Gasteiger partial charge in [0.05, 0.1) is 29.4 Å². The molecule has 0 spiro atoms. The fourth-order valence-electron chi connectivity index (χ4n) is 2.31. The lowest BCUT2D eigenvalue weighted by molar-refractivity contribution is -0.385. The quantitative estimate of drug-likeness (QED) is 0.191. The number of nitro benzene ring substituents is 1. The average Bonchev–Trinajstić information content (AvgIpc) is 3.12. The monoisotopic (exact) mass is 401 g/mol. The molecular formula is C18H15N3O6S. The molecule has 3 rings (SSSR count). The molecule has 0 saturated heterocycles. The number of aryl methyl sites for hydroxylation is 1. The van der Waals surface area contributed by atoms with Crippen LogP contribution in [0.1, 0.15) is 22.1 Å². The van der Waals surface area contributed by atoms with Crippen LogP contribution in [0.5, 0.6) is 11.5 Å². The minimum Gasteiger partial charge on any atom is -0.496 e. The Kier molecular flexibility index (Phi) is 5.90. The van der Waals surface area contributed by atoms with Crippen molar-refractivity contribution in [1.82, 2.24) is 10.1 Å². The van der Waals surface area contributed by atoms with Gasteiger partial charge in [0.2, 0.25) is 11.6 Å². The molecule has 0 radical (unpaired) electrons. The van der Waals surface area contributed by atoms with Crippen LogP contribution < -0.4 is 9.47 Å². The molecule has 0 aliphatic heterocycles. The molecule has 0 aliphatic rings. The number of hydrogen-bond donors (Lipinski definition) is 0. The first-order chi connectivity index (χ1) is 13.5. The summed E-state index contributed by atoms with van der Waals surface area (Å²) in [4.78, 5) is 28.0. The number of nitro groups is 1. The van der Waals surface area contributed by atoms with E-state index in [1.165, 1.54) is 37.1 Å². The van der Waals surface area contributed by atoms with Crippen LogP contribution in [-0.2, 0) is 5.75 Å². The van der Waals surface area contributed by atoms with Gasteiger partial charge in [-0.2, -0.15) is 4.98 Å². The van der Waals surface area contributed by atoms with E-state index in [9.17, 15) is 14.9 Å². The smallest absolute Gasteiger partial charge is 0.344 e. The molecule has 0 aliphatic carbocycles. The fraction of sp³-hybridized carbons (Fsp3) is 0.167. The molecule has 3 aromatic rings. The van der Waals surface area contributed by atoms with Crippen molar-refractivity contribution >= 4 is 23.4 Å². The SMILES string of the molecule is COc1ccc(OC(=O)c2ccccc2SCc2nc(C)no2)c([N+](=O)[O-])c1. The summed E-state index contributed by atoms with van der Waals surface area (Å²) in [5, 5.41) is 15.0. The number of methoxy groups -OCH3 is 1. The number of thioether (sulfide) groups is 1. The lowest BCUT2D eigenvalue weighted by atomic mass is 10.2. The van der Waals surface area contributed by atoms with E-state index >= 15 is 0 Å². The van der Waals surface area contributed by atoms with Crippen molar-refractivity contribution in [2.45, 2.75) is 17.6 Å². The summed E-state index contributed by atoms with van der Waals surface area (Å²) in [6.07, 6.45) is 0. The molecule has 9 nitrogen and oxygen atoms in total. The second-order valence-corrected chi connectivity index (χ2v) is 6.52. The normalized spacial score (nSPS) is 10.5. The summed E-state index contributed by atoms with van der Waals surface area (Å²) < 4.78 is 15.3. The molecule has 1 heterocycles. The zero-order valence-corrected chi connectivity index (χ0v) is 15.8. The number of ether oxygens (including phenoxy) is 2. The molecule has 0 saturated carbocycles. The number of rotatable bonds is 7. The molecule has 1 aromatic heterocycles. The third-order valence-corrected chi connectivity index (χ3v) is 4.65. The first-order valence-electron chi connectivity index (χ1n) is 8.03. The highest BCUT2D eigenvalue weighted by Crippen LogP contribution is 2.33. The van der Waals surface area contributed by atoms with E-state index in [4.69, 9.17) is 14.0 Å². The molecule has 0 N–H and O–H groups in total. The van der Waals surface area contributed by atoms with E-state index in [1.54, 1.807) is 31.2 Å². The third kappa shape index (κ3) is 4.46. The van der Waals surface area contributed by atoms with Gasteiger partial charge in [0, 0.05) is 4.90 Å². The summed E-state index contributed by atoms with van der Waals surface area (Å²) in [6, 6.07) is 10.8. The summed E-state index contributed by atoms with van der Waals surface area (Å²) >= 11 is 1.32. The molecule has 144 valence electrons. The Labute approximate surface area is 163 Å². The number of carbonyl (C=O) groups excluding carboxylic acids is 1. The van der Waals surface area contributed by atoms with Crippen LogP contribution >= 0.6 is 11.8 Å². The van der Waals surface area contributed by atoms with Crippen molar-refractivity contribution < 1.29 is 23.7 Å². The summed E-state index contributed by atoms with van der Waals surface area (Å²) in [7, 11) is 1.39. The number of carbonyl (C=O) groups is 1. The van der Waals surface area contributed by atoms with Crippen molar-refractivity contribution in [3.05, 3.63) is 69.9 Å². The summed E-state index contributed by atoms with van der Waals surface area (Å²) in [6.45, 7) is 1.71. The maximum absolute atomic E-state index is 12.6. The third-order valence-electron chi connectivity index (χ3n) is 3.59. The average molecular weight is 401 g/mol. The van der Waals surface area contributed by atoms with Crippen molar-refractivity contribution in [2.75, 3.05) is 7.11 Å². The minimum atomic E-state index is -0.710. The number of aromatic nitrogens is 2. The van der Waals surface area contributed by atoms with Gasteiger partial charge in [-0.05, 0) is 31.2 Å². The molecule has 0 bridgehead atoms. The Balaban J connectivity index is 1.81. The van der Waals surface area contributed by atoms with Crippen LogP contribution in [0.15, 0.2) is 51.9 Å². The summed E-state index contributed by atoms with van der Waals surface area (Å²) in [5.74, 6) is 0.735. The lowest BCUT2D eigenvalue weighted by Crippen LogP contribution is -2.11. The van der Waals surface area contributed by atoms with Gasteiger partial charge in [0.1, 0.15) is 5.75 Å². The van der Waals surface area contributed by atoms with E-state index in [0.717, 1.165) is 0 Å². The largest absolute Gasteiger partial charge is 0.496 e. The van der Waals surface area contributed by atoms with E-state index < -0.39 is 10.9 Å². The number of nitrogens with zero attached hydrogens (tertiary/aromatic N) is 3. The number of hydrogen-bond acceptors (Lipinski definition) is 9. The Morgan fingerprint density at radius 3 is 2.75 bits per heavy atom. The molecule has 0 unspecified atom stereocenters. The molecule has 10 heteroatoms. The lowest BCUT2D eigenvalue weighted by Gasteiger charge is -2.09. The van der Waals surface area contributed by atoms with E-state index in [0.29, 0.717) is 22.4 Å². The number of benzene rings is 2.